The average molecular weight is 584 g/mol. The lowest BCUT2D eigenvalue weighted by Gasteiger charge is -2.36. The number of carboxylic acid groups (broad SMARTS) is 1. The molecule has 0 aliphatic rings. The molecule has 0 heterocycles. The quantitative estimate of drug-likeness (QED) is 0.117. The number of hydrogen-bond acceptors (Lipinski definition) is 7. The summed E-state index contributed by atoms with van der Waals surface area (Å²) in [6.07, 6.45) is 11.1. The van der Waals surface area contributed by atoms with Gasteiger partial charge in [0.05, 0.1) is 29.4 Å². The van der Waals surface area contributed by atoms with Crippen LogP contribution >= 0.6 is 0 Å². The number of carbonyl (C=O) groups excluding carboxylic acids is 1. The number of rotatable bonds is 20. The monoisotopic (exact) mass is 583 g/mol. The summed E-state index contributed by atoms with van der Waals surface area (Å²) in [6.45, 7) is 12.0. The largest absolute Gasteiger partial charge is 0.490 e. The first-order valence-electron chi connectivity index (χ1n) is 14.6. The van der Waals surface area contributed by atoms with Crippen molar-refractivity contribution in [1.29, 1.82) is 5.26 Å². The van der Waals surface area contributed by atoms with Crippen molar-refractivity contribution in [3.63, 3.8) is 0 Å². The molecule has 8 heteroatoms. The predicted molar refractivity (Wildman–Crippen MR) is 164 cm³/mol. The summed E-state index contributed by atoms with van der Waals surface area (Å²) in [5.41, 5.74) is -1.01. The average Bonchev–Trinajstić information content (AvgIpc) is 2.97. The smallest absolute Gasteiger partial charge is 0.311 e. The Morgan fingerprint density at radius 1 is 1.19 bits per heavy atom. The highest BCUT2D eigenvalue weighted by Crippen LogP contribution is 2.42. The van der Waals surface area contributed by atoms with Gasteiger partial charge in [-0.1, -0.05) is 50.3 Å². The Kier molecular flexibility index (Phi) is 15.9. The van der Waals surface area contributed by atoms with Crippen molar-refractivity contribution in [3.8, 4) is 11.8 Å². The van der Waals surface area contributed by atoms with Crippen molar-refractivity contribution in [1.82, 2.24) is 0 Å². The second-order valence-electron chi connectivity index (χ2n) is 11.6. The van der Waals surface area contributed by atoms with Gasteiger partial charge in [-0.25, -0.2) is 0 Å². The summed E-state index contributed by atoms with van der Waals surface area (Å²) in [5.74, 6) is -1.40. The molecule has 8 nitrogen and oxygen atoms in total. The molecule has 5 unspecified atom stereocenters. The van der Waals surface area contributed by atoms with Gasteiger partial charge in [0, 0.05) is 5.56 Å². The maximum atomic E-state index is 13.2. The molecule has 0 saturated heterocycles. The summed E-state index contributed by atoms with van der Waals surface area (Å²) in [6, 6.07) is 7.54. The lowest BCUT2D eigenvalue weighted by atomic mass is 9.67. The van der Waals surface area contributed by atoms with E-state index in [1.54, 1.807) is 32.9 Å². The molecular formula is C34H49NO7. The molecule has 0 fully saturated rings. The van der Waals surface area contributed by atoms with E-state index in [0.29, 0.717) is 30.1 Å². The highest BCUT2D eigenvalue weighted by Gasteiger charge is 2.46. The zero-order valence-electron chi connectivity index (χ0n) is 25.8. The second kappa shape index (κ2) is 18.2. The van der Waals surface area contributed by atoms with Gasteiger partial charge in [-0.3, -0.25) is 9.59 Å². The van der Waals surface area contributed by atoms with E-state index in [1.807, 2.05) is 43.4 Å². The molecule has 232 valence electrons. The molecule has 0 radical (unpaired) electrons. The predicted octanol–water partition coefficient (Wildman–Crippen LogP) is 6.47. The first-order chi connectivity index (χ1) is 19.9. The van der Waals surface area contributed by atoms with Crippen LogP contribution in [0.4, 0.5) is 0 Å². The summed E-state index contributed by atoms with van der Waals surface area (Å²) in [7, 11) is 0. The lowest BCUT2D eigenvalue weighted by molar-refractivity contribution is -0.164. The number of hydrogen-bond donors (Lipinski definition) is 3. The van der Waals surface area contributed by atoms with Crippen LogP contribution in [0.3, 0.4) is 0 Å². The summed E-state index contributed by atoms with van der Waals surface area (Å²) in [4.78, 5) is 25.6. The van der Waals surface area contributed by atoms with E-state index < -0.39 is 34.8 Å². The Morgan fingerprint density at radius 2 is 1.90 bits per heavy atom. The van der Waals surface area contributed by atoms with E-state index in [2.05, 4.69) is 19.6 Å². The molecule has 0 bridgehead atoms. The van der Waals surface area contributed by atoms with E-state index in [4.69, 9.17) is 9.47 Å². The Hall–Kier alpha value is -3.41. The van der Waals surface area contributed by atoms with Gasteiger partial charge in [0.25, 0.3) is 0 Å². The molecule has 0 aliphatic carbocycles. The molecule has 1 aromatic carbocycles. The number of aliphatic carboxylic acids is 1. The van der Waals surface area contributed by atoms with Gasteiger partial charge in [-0.15, -0.1) is 6.58 Å². The van der Waals surface area contributed by atoms with E-state index in [1.165, 1.54) is 0 Å². The first-order valence-corrected chi connectivity index (χ1v) is 14.6. The van der Waals surface area contributed by atoms with Crippen LogP contribution in [-0.4, -0.2) is 46.6 Å². The van der Waals surface area contributed by atoms with Crippen molar-refractivity contribution < 1.29 is 34.4 Å². The molecule has 42 heavy (non-hydrogen) atoms. The van der Waals surface area contributed by atoms with Crippen LogP contribution in [0.15, 0.2) is 49.1 Å². The molecule has 0 amide bonds. The molecular weight excluding hydrogens is 534 g/mol. The van der Waals surface area contributed by atoms with E-state index in [-0.39, 0.29) is 32.7 Å². The summed E-state index contributed by atoms with van der Waals surface area (Å²) in [5, 5.41) is 39.9. The molecule has 0 saturated carbocycles. The first kappa shape index (κ1) is 36.6. The van der Waals surface area contributed by atoms with Crippen LogP contribution in [-0.2, 0) is 20.9 Å². The number of esters is 1. The fourth-order valence-corrected chi connectivity index (χ4v) is 4.76. The number of nitrogens with zero attached hydrogens (tertiary/aromatic N) is 1. The number of carbonyl (C=O) groups is 2. The standard InChI is InChI=1S/C34H49NO7/c1-7-13-26-16-17-30(28(18-26)21-36)41-22-29(37)23-42-32(40)33(5,9-3)24-34(6,31(38)39)19-27(20-35)15-12-10-11-14-25(4)8-2/h7-8,10,12-13,16-18,25,27,29,36-37H,2,9,11,14-15,19,21-24H2,1,3-6H3,(H,38,39). The molecule has 5 atom stereocenters. The molecule has 1 rings (SSSR count). The Bertz CT molecular complexity index is 1120. The van der Waals surface area contributed by atoms with Gasteiger partial charge in [-0.05, 0) is 82.9 Å². The van der Waals surface area contributed by atoms with Crippen molar-refractivity contribution >= 4 is 18.0 Å². The Labute approximate surface area is 251 Å². The molecule has 3 N–H and O–H groups in total. The zero-order valence-corrected chi connectivity index (χ0v) is 25.8. The molecule has 0 spiro atoms. The Balaban J connectivity index is 2.80. The summed E-state index contributed by atoms with van der Waals surface area (Å²) < 4.78 is 11.1. The van der Waals surface area contributed by atoms with E-state index in [9.17, 15) is 30.2 Å². The molecule has 0 aromatic heterocycles. The minimum atomic E-state index is -1.34. The third-order valence-electron chi connectivity index (χ3n) is 7.68. The van der Waals surface area contributed by atoms with Gasteiger partial charge in [0.1, 0.15) is 25.1 Å². The Morgan fingerprint density at radius 3 is 2.48 bits per heavy atom. The van der Waals surface area contributed by atoms with Crippen LogP contribution in [0.25, 0.3) is 6.08 Å². The minimum absolute atomic E-state index is 0.0194. The van der Waals surface area contributed by atoms with Crippen LogP contribution in [0.5, 0.6) is 5.75 Å². The minimum Gasteiger partial charge on any atom is -0.490 e. The second-order valence-corrected chi connectivity index (χ2v) is 11.6. The van der Waals surface area contributed by atoms with Crippen molar-refractivity contribution in [2.75, 3.05) is 13.2 Å². The number of benzene rings is 1. The van der Waals surface area contributed by atoms with Crippen LogP contribution in [0.1, 0.15) is 84.3 Å². The number of nitriles is 1. The third-order valence-corrected chi connectivity index (χ3v) is 7.68. The zero-order chi connectivity index (χ0) is 31.8. The maximum absolute atomic E-state index is 13.2. The maximum Gasteiger partial charge on any atom is 0.311 e. The van der Waals surface area contributed by atoms with Crippen molar-refractivity contribution in [3.05, 3.63) is 60.2 Å². The van der Waals surface area contributed by atoms with Crippen LogP contribution < -0.4 is 4.74 Å². The molecule has 1 aromatic rings. The fraction of sp³-hybridized carbons (Fsp3) is 0.559. The number of ether oxygens (including phenoxy) is 2. The number of allylic oxidation sites excluding steroid dienone is 4. The van der Waals surface area contributed by atoms with Gasteiger partial charge in [-0.2, -0.15) is 5.26 Å². The summed E-state index contributed by atoms with van der Waals surface area (Å²) >= 11 is 0. The van der Waals surface area contributed by atoms with Crippen molar-refractivity contribution in [2.24, 2.45) is 22.7 Å². The number of aliphatic hydroxyl groups excluding tert-OH is 2. The van der Waals surface area contributed by atoms with Crippen LogP contribution in [0.2, 0.25) is 0 Å². The van der Waals surface area contributed by atoms with Gasteiger partial charge in [0.15, 0.2) is 0 Å². The van der Waals surface area contributed by atoms with E-state index >= 15 is 0 Å². The highest BCUT2D eigenvalue weighted by atomic mass is 16.5. The SMILES string of the molecule is C=CC(C)CCC=CCC(C#N)CC(C)(CC(C)(CC)C(=O)OCC(O)COc1ccc(C=CC)cc1CO)C(=O)O. The number of aliphatic hydroxyl groups is 2. The lowest BCUT2D eigenvalue weighted by Crippen LogP contribution is -2.41. The normalized spacial score (nSPS) is 16.6. The van der Waals surface area contributed by atoms with E-state index in [0.717, 1.165) is 18.4 Å². The van der Waals surface area contributed by atoms with Crippen LogP contribution in [0, 0.1) is 34.0 Å². The number of carboxylic acids is 1. The topological polar surface area (TPSA) is 137 Å². The van der Waals surface area contributed by atoms with Gasteiger partial charge >= 0.3 is 11.9 Å². The molecule has 0 aliphatic heterocycles. The highest BCUT2D eigenvalue weighted by molar-refractivity contribution is 5.79. The van der Waals surface area contributed by atoms with Gasteiger partial charge in [0.2, 0.25) is 0 Å². The fourth-order valence-electron chi connectivity index (χ4n) is 4.76. The van der Waals surface area contributed by atoms with Crippen molar-refractivity contribution in [2.45, 2.75) is 85.9 Å². The third kappa shape index (κ3) is 11.8. The van der Waals surface area contributed by atoms with Gasteiger partial charge < -0.3 is 24.8 Å².